The Kier molecular flexibility index (Phi) is 5.42. The molecule has 150 valence electrons. The lowest BCUT2D eigenvalue weighted by atomic mass is 10.1. The summed E-state index contributed by atoms with van der Waals surface area (Å²) in [6, 6.07) is 17.2. The van der Waals surface area contributed by atoms with Crippen LogP contribution in [0.2, 0.25) is 0 Å². The average Bonchev–Trinajstić information content (AvgIpc) is 2.69. The maximum absolute atomic E-state index is 12.8. The van der Waals surface area contributed by atoms with Gasteiger partial charge in [0.15, 0.2) is 0 Å². The SMILES string of the molecule is Cc1cc(C)cc(Oc2coc3cc(OC(=O)c4cccc(Br)c4)ccc3c2=O)c1. The molecule has 0 N–H and O–H groups in total. The van der Waals surface area contributed by atoms with E-state index in [1.165, 1.54) is 12.3 Å². The number of hydrogen-bond acceptors (Lipinski definition) is 5. The van der Waals surface area contributed by atoms with Crippen molar-refractivity contribution >= 4 is 32.9 Å². The number of carbonyl (C=O) groups is 1. The fraction of sp³-hybridized carbons (Fsp3) is 0.0833. The molecule has 0 bridgehead atoms. The van der Waals surface area contributed by atoms with Crippen LogP contribution in [0.25, 0.3) is 11.0 Å². The number of halogens is 1. The topological polar surface area (TPSA) is 65.7 Å². The van der Waals surface area contributed by atoms with Crippen molar-refractivity contribution in [2.45, 2.75) is 13.8 Å². The van der Waals surface area contributed by atoms with Crippen molar-refractivity contribution in [2.24, 2.45) is 0 Å². The van der Waals surface area contributed by atoms with Gasteiger partial charge in [-0.1, -0.05) is 28.1 Å². The molecule has 0 spiro atoms. The normalized spacial score (nSPS) is 10.8. The van der Waals surface area contributed by atoms with Crippen LogP contribution in [0.1, 0.15) is 21.5 Å². The second-order valence-corrected chi connectivity index (χ2v) is 7.83. The number of hydrogen-bond donors (Lipinski definition) is 0. The minimum atomic E-state index is -0.507. The molecule has 0 radical (unpaired) electrons. The van der Waals surface area contributed by atoms with E-state index in [0.29, 0.717) is 22.3 Å². The summed E-state index contributed by atoms with van der Waals surface area (Å²) in [6.07, 6.45) is 1.27. The fourth-order valence-corrected chi connectivity index (χ4v) is 3.52. The van der Waals surface area contributed by atoms with E-state index in [1.54, 1.807) is 30.3 Å². The third-order valence-corrected chi connectivity index (χ3v) is 4.90. The lowest BCUT2D eigenvalue weighted by Gasteiger charge is -2.08. The Morgan fingerprint density at radius 2 is 1.70 bits per heavy atom. The van der Waals surface area contributed by atoms with Crippen molar-refractivity contribution in [2.75, 3.05) is 0 Å². The van der Waals surface area contributed by atoms with Crippen LogP contribution in [0.5, 0.6) is 17.2 Å². The third kappa shape index (κ3) is 4.28. The monoisotopic (exact) mass is 464 g/mol. The summed E-state index contributed by atoms with van der Waals surface area (Å²) < 4.78 is 17.5. The zero-order valence-electron chi connectivity index (χ0n) is 16.3. The van der Waals surface area contributed by atoms with Gasteiger partial charge < -0.3 is 13.9 Å². The van der Waals surface area contributed by atoms with Crippen LogP contribution in [0.4, 0.5) is 0 Å². The summed E-state index contributed by atoms with van der Waals surface area (Å²) in [7, 11) is 0. The van der Waals surface area contributed by atoms with Gasteiger partial charge in [0.05, 0.1) is 10.9 Å². The van der Waals surface area contributed by atoms with Gasteiger partial charge in [0.2, 0.25) is 11.2 Å². The summed E-state index contributed by atoms with van der Waals surface area (Å²) in [4.78, 5) is 25.1. The van der Waals surface area contributed by atoms with Gasteiger partial charge in [-0.15, -0.1) is 0 Å². The summed E-state index contributed by atoms with van der Waals surface area (Å²) in [5.41, 5.74) is 2.47. The molecule has 0 amide bonds. The average molecular weight is 465 g/mol. The molecule has 0 fully saturated rings. The van der Waals surface area contributed by atoms with E-state index < -0.39 is 5.97 Å². The van der Waals surface area contributed by atoms with E-state index in [0.717, 1.165) is 15.6 Å². The molecule has 0 saturated heterocycles. The van der Waals surface area contributed by atoms with Gasteiger partial charge in [-0.05, 0) is 67.4 Å². The van der Waals surface area contributed by atoms with Gasteiger partial charge in [-0.2, -0.15) is 0 Å². The molecular weight excluding hydrogens is 448 g/mol. The molecule has 5 nitrogen and oxygen atoms in total. The molecule has 0 aliphatic heterocycles. The highest BCUT2D eigenvalue weighted by Gasteiger charge is 2.13. The Balaban J connectivity index is 1.61. The molecule has 0 saturated carbocycles. The minimum Gasteiger partial charge on any atom is -0.460 e. The number of rotatable bonds is 4. The van der Waals surface area contributed by atoms with Crippen LogP contribution < -0.4 is 14.9 Å². The van der Waals surface area contributed by atoms with E-state index in [1.807, 2.05) is 38.1 Å². The van der Waals surface area contributed by atoms with Crippen molar-refractivity contribution in [1.29, 1.82) is 0 Å². The number of benzene rings is 3. The summed E-state index contributed by atoms with van der Waals surface area (Å²) in [5, 5.41) is 0.333. The highest BCUT2D eigenvalue weighted by molar-refractivity contribution is 9.10. The van der Waals surface area contributed by atoms with Crippen LogP contribution in [0, 0.1) is 13.8 Å². The maximum atomic E-state index is 12.8. The Labute approximate surface area is 181 Å². The summed E-state index contributed by atoms with van der Waals surface area (Å²) in [5.74, 6) is 0.427. The Morgan fingerprint density at radius 3 is 2.43 bits per heavy atom. The molecule has 6 heteroatoms. The minimum absolute atomic E-state index is 0.0892. The molecule has 3 aromatic carbocycles. The zero-order valence-corrected chi connectivity index (χ0v) is 17.9. The van der Waals surface area contributed by atoms with E-state index >= 15 is 0 Å². The smallest absolute Gasteiger partial charge is 0.343 e. The molecular formula is C24H17BrO5. The maximum Gasteiger partial charge on any atom is 0.343 e. The largest absolute Gasteiger partial charge is 0.460 e. The van der Waals surface area contributed by atoms with E-state index in [4.69, 9.17) is 13.9 Å². The van der Waals surface area contributed by atoms with E-state index in [2.05, 4.69) is 15.9 Å². The Hall–Kier alpha value is -3.38. The second-order valence-electron chi connectivity index (χ2n) is 6.91. The Morgan fingerprint density at radius 1 is 0.933 bits per heavy atom. The number of esters is 1. The number of ether oxygens (including phenoxy) is 2. The predicted molar refractivity (Wildman–Crippen MR) is 118 cm³/mol. The highest BCUT2D eigenvalue weighted by atomic mass is 79.9. The lowest BCUT2D eigenvalue weighted by molar-refractivity contribution is 0.0735. The van der Waals surface area contributed by atoms with Crippen molar-refractivity contribution in [3.05, 3.63) is 98.3 Å². The number of fused-ring (bicyclic) bond motifs is 1. The van der Waals surface area contributed by atoms with Gasteiger partial charge >= 0.3 is 5.97 Å². The molecule has 0 aliphatic carbocycles. The summed E-state index contributed by atoms with van der Waals surface area (Å²) >= 11 is 3.33. The van der Waals surface area contributed by atoms with Gasteiger partial charge in [-0.3, -0.25) is 4.79 Å². The second kappa shape index (κ2) is 8.16. The lowest BCUT2D eigenvalue weighted by Crippen LogP contribution is -2.09. The first kappa shape index (κ1) is 19.9. The van der Waals surface area contributed by atoms with Crippen LogP contribution in [-0.2, 0) is 0 Å². The van der Waals surface area contributed by atoms with Crippen molar-refractivity contribution < 1.29 is 18.7 Å². The number of carbonyl (C=O) groups excluding carboxylic acids is 1. The summed E-state index contributed by atoms with van der Waals surface area (Å²) in [6.45, 7) is 3.92. The van der Waals surface area contributed by atoms with E-state index in [9.17, 15) is 9.59 Å². The molecule has 0 atom stereocenters. The number of aryl methyl sites for hydroxylation is 2. The first-order valence-corrected chi connectivity index (χ1v) is 9.98. The van der Waals surface area contributed by atoms with Gasteiger partial charge in [0.25, 0.3) is 0 Å². The first-order chi connectivity index (χ1) is 14.4. The van der Waals surface area contributed by atoms with Crippen LogP contribution in [0.15, 0.2) is 80.6 Å². The zero-order chi connectivity index (χ0) is 21.3. The quantitative estimate of drug-likeness (QED) is 0.266. The standard InChI is InChI=1S/C24H17BrO5/c1-14-8-15(2)10-19(9-14)29-22-13-28-21-12-18(6-7-20(21)23(22)26)30-24(27)16-4-3-5-17(25)11-16/h3-13H,1-2H3. The first-order valence-electron chi connectivity index (χ1n) is 9.18. The molecule has 4 rings (SSSR count). The van der Waals surface area contributed by atoms with Gasteiger partial charge in [0, 0.05) is 10.5 Å². The third-order valence-electron chi connectivity index (χ3n) is 4.41. The molecule has 30 heavy (non-hydrogen) atoms. The van der Waals surface area contributed by atoms with Crippen molar-refractivity contribution in [3.63, 3.8) is 0 Å². The van der Waals surface area contributed by atoms with Gasteiger partial charge in [-0.25, -0.2) is 4.79 Å². The molecule has 1 aromatic heterocycles. The molecule has 0 unspecified atom stereocenters. The molecule has 4 aromatic rings. The molecule has 1 heterocycles. The van der Waals surface area contributed by atoms with Crippen molar-refractivity contribution in [1.82, 2.24) is 0 Å². The fourth-order valence-electron chi connectivity index (χ4n) is 3.13. The van der Waals surface area contributed by atoms with Crippen LogP contribution in [0.3, 0.4) is 0 Å². The van der Waals surface area contributed by atoms with Crippen LogP contribution >= 0.6 is 15.9 Å². The van der Waals surface area contributed by atoms with E-state index in [-0.39, 0.29) is 16.9 Å². The van der Waals surface area contributed by atoms with Crippen molar-refractivity contribution in [3.8, 4) is 17.2 Å². The predicted octanol–water partition coefficient (Wildman–Crippen LogP) is 6.18. The Bertz CT molecular complexity index is 1300. The highest BCUT2D eigenvalue weighted by Crippen LogP contribution is 2.26. The van der Waals surface area contributed by atoms with Gasteiger partial charge in [0.1, 0.15) is 23.3 Å². The van der Waals surface area contributed by atoms with Crippen LogP contribution in [-0.4, -0.2) is 5.97 Å². The molecule has 0 aliphatic rings.